The number of esters is 1. The topological polar surface area (TPSA) is 55.4 Å². The van der Waals surface area contributed by atoms with Crippen molar-refractivity contribution in [3.8, 4) is 0 Å². The Labute approximate surface area is 111 Å². The first kappa shape index (κ1) is 14.9. The summed E-state index contributed by atoms with van der Waals surface area (Å²) in [6.07, 6.45) is -0.0741. The maximum Gasteiger partial charge on any atom is 0.357 e. The molecule has 0 aliphatic heterocycles. The predicted molar refractivity (Wildman–Crippen MR) is 68.7 cm³/mol. The van der Waals surface area contributed by atoms with Gasteiger partial charge in [-0.15, -0.1) is 0 Å². The van der Waals surface area contributed by atoms with E-state index in [1.165, 1.54) is 6.92 Å². The molecule has 0 saturated carbocycles. The molecular weight excluding hydrogens is 249 g/mol. The Morgan fingerprint density at radius 3 is 2.42 bits per heavy atom. The number of carbonyl (C=O) groups excluding carboxylic acids is 2. The van der Waals surface area contributed by atoms with Crippen LogP contribution in [0.2, 0.25) is 0 Å². The van der Waals surface area contributed by atoms with Crippen molar-refractivity contribution >= 4 is 11.9 Å². The highest BCUT2D eigenvalue weighted by Crippen LogP contribution is 2.13. The number of carbonyl (C=O) groups is 2. The quantitative estimate of drug-likeness (QED) is 0.655. The van der Waals surface area contributed by atoms with Crippen LogP contribution in [0.1, 0.15) is 19.4 Å². The Balaban J connectivity index is 2.95. The van der Waals surface area contributed by atoms with Gasteiger partial charge in [0.1, 0.15) is 5.83 Å². The van der Waals surface area contributed by atoms with E-state index >= 15 is 0 Å². The number of halogens is 1. The Bertz CT molecular complexity index is 483. The maximum atomic E-state index is 14.1. The molecule has 1 rings (SSSR count). The van der Waals surface area contributed by atoms with Crippen LogP contribution in [0, 0.1) is 0 Å². The summed E-state index contributed by atoms with van der Waals surface area (Å²) in [5.74, 6) is -2.11. The van der Waals surface area contributed by atoms with Gasteiger partial charge in [0.25, 0.3) is 0 Å². The number of amides is 1. The fourth-order valence-corrected chi connectivity index (χ4v) is 1.47. The first-order valence-corrected chi connectivity index (χ1v) is 5.91. The van der Waals surface area contributed by atoms with E-state index in [-0.39, 0.29) is 13.0 Å². The first-order valence-electron chi connectivity index (χ1n) is 5.91. The molecule has 0 fully saturated rings. The molecule has 0 unspecified atom stereocenters. The average molecular weight is 265 g/mol. The predicted octanol–water partition coefficient (Wildman–Crippen LogP) is 2.11. The molecule has 0 heterocycles. The summed E-state index contributed by atoms with van der Waals surface area (Å²) >= 11 is 0. The van der Waals surface area contributed by atoms with Crippen molar-refractivity contribution in [1.82, 2.24) is 5.32 Å². The summed E-state index contributed by atoms with van der Waals surface area (Å²) < 4.78 is 18.8. The second-order valence-electron chi connectivity index (χ2n) is 3.84. The van der Waals surface area contributed by atoms with Gasteiger partial charge in [0.05, 0.1) is 6.61 Å². The molecule has 0 aliphatic rings. The molecule has 0 atom stereocenters. The van der Waals surface area contributed by atoms with Crippen molar-refractivity contribution in [2.75, 3.05) is 6.61 Å². The molecule has 5 heteroatoms. The van der Waals surface area contributed by atoms with Crippen LogP contribution in [0.3, 0.4) is 0 Å². The van der Waals surface area contributed by atoms with Gasteiger partial charge in [0.15, 0.2) is 5.70 Å². The lowest BCUT2D eigenvalue weighted by Crippen LogP contribution is -2.28. The summed E-state index contributed by atoms with van der Waals surface area (Å²) in [6.45, 7) is 2.92. The van der Waals surface area contributed by atoms with Gasteiger partial charge in [-0.05, 0) is 12.5 Å². The van der Waals surface area contributed by atoms with Gasteiger partial charge in [-0.3, -0.25) is 4.79 Å². The Kier molecular flexibility index (Phi) is 5.73. The molecule has 1 amide bonds. The molecule has 1 aromatic rings. The standard InChI is InChI=1S/C14H16FNO3/c1-3-19-14(18)13(16-10(2)17)12(15)9-11-7-5-4-6-8-11/h4-8H,3,9H2,1-2H3,(H,16,17). The second kappa shape index (κ2) is 7.31. The molecule has 1 aromatic carbocycles. The van der Waals surface area contributed by atoms with Gasteiger partial charge >= 0.3 is 5.97 Å². The summed E-state index contributed by atoms with van der Waals surface area (Å²) in [4.78, 5) is 22.6. The zero-order valence-electron chi connectivity index (χ0n) is 10.9. The molecule has 1 N–H and O–H groups in total. The van der Waals surface area contributed by atoms with Crippen molar-refractivity contribution in [3.63, 3.8) is 0 Å². The van der Waals surface area contributed by atoms with E-state index in [1.807, 2.05) is 6.07 Å². The Morgan fingerprint density at radius 2 is 1.89 bits per heavy atom. The molecule has 4 nitrogen and oxygen atoms in total. The third kappa shape index (κ3) is 4.91. The number of nitrogens with one attached hydrogen (secondary N) is 1. The van der Waals surface area contributed by atoms with Gasteiger partial charge in [-0.2, -0.15) is 0 Å². The summed E-state index contributed by atoms with van der Waals surface area (Å²) in [5, 5.41) is 2.18. The maximum absolute atomic E-state index is 14.1. The zero-order chi connectivity index (χ0) is 14.3. The van der Waals surface area contributed by atoms with E-state index in [2.05, 4.69) is 5.32 Å². The lowest BCUT2D eigenvalue weighted by atomic mass is 10.1. The van der Waals surface area contributed by atoms with Crippen LogP contribution in [-0.2, 0) is 20.7 Å². The van der Waals surface area contributed by atoms with Crippen molar-refractivity contribution in [3.05, 3.63) is 47.4 Å². The molecular formula is C14H16FNO3. The Morgan fingerprint density at radius 1 is 1.26 bits per heavy atom. The second-order valence-corrected chi connectivity index (χ2v) is 3.84. The van der Waals surface area contributed by atoms with E-state index in [4.69, 9.17) is 4.74 Å². The third-order valence-corrected chi connectivity index (χ3v) is 2.25. The minimum atomic E-state index is -0.869. The summed E-state index contributed by atoms with van der Waals surface area (Å²) in [5.41, 5.74) is 0.269. The van der Waals surface area contributed by atoms with Crippen LogP contribution in [0.5, 0.6) is 0 Å². The number of rotatable bonds is 5. The number of hydrogen-bond acceptors (Lipinski definition) is 3. The molecule has 0 aromatic heterocycles. The van der Waals surface area contributed by atoms with Crippen molar-refractivity contribution in [2.45, 2.75) is 20.3 Å². The molecule has 19 heavy (non-hydrogen) atoms. The highest BCUT2D eigenvalue weighted by atomic mass is 19.1. The van der Waals surface area contributed by atoms with E-state index in [9.17, 15) is 14.0 Å². The SMILES string of the molecule is CCOC(=O)C(NC(C)=O)=C(F)Cc1ccccc1. The number of allylic oxidation sites excluding steroid dienone is 1. The molecule has 102 valence electrons. The zero-order valence-corrected chi connectivity index (χ0v) is 10.9. The van der Waals surface area contributed by atoms with Crippen molar-refractivity contribution < 1.29 is 18.7 Å². The lowest BCUT2D eigenvalue weighted by Gasteiger charge is -2.09. The van der Waals surface area contributed by atoms with Crippen molar-refractivity contribution in [1.29, 1.82) is 0 Å². The highest BCUT2D eigenvalue weighted by molar-refractivity contribution is 5.93. The number of benzene rings is 1. The van der Waals surface area contributed by atoms with Crippen LogP contribution in [-0.4, -0.2) is 18.5 Å². The molecule has 0 aliphatic carbocycles. The van der Waals surface area contributed by atoms with Gasteiger partial charge in [-0.25, -0.2) is 9.18 Å². The van der Waals surface area contributed by atoms with E-state index < -0.39 is 23.4 Å². The monoisotopic (exact) mass is 265 g/mol. The molecule has 0 radical (unpaired) electrons. The lowest BCUT2D eigenvalue weighted by molar-refractivity contribution is -0.140. The fraction of sp³-hybridized carbons (Fsp3) is 0.286. The van der Waals surface area contributed by atoms with Crippen LogP contribution < -0.4 is 5.32 Å². The molecule has 0 spiro atoms. The number of hydrogen-bond donors (Lipinski definition) is 1. The van der Waals surface area contributed by atoms with Crippen LogP contribution in [0.25, 0.3) is 0 Å². The van der Waals surface area contributed by atoms with E-state index in [0.29, 0.717) is 5.56 Å². The van der Waals surface area contributed by atoms with Gasteiger partial charge in [0, 0.05) is 13.3 Å². The highest BCUT2D eigenvalue weighted by Gasteiger charge is 2.18. The largest absolute Gasteiger partial charge is 0.461 e. The van der Waals surface area contributed by atoms with Gasteiger partial charge in [-0.1, -0.05) is 30.3 Å². The third-order valence-electron chi connectivity index (χ3n) is 2.25. The molecule has 0 bridgehead atoms. The summed E-state index contributed by atoms with van der Waals surface area (Å²) in [6, 6.07) is 8.81. The van der Waals surface area contributed by atoms with E-state index in [0.717, 1.165) is 0 Å². The fourth-order valence-electron chi connectivity index (χ4n) is 1.47. The van der Waals surface area contributed by atoms with Crippen LogP contribution in [0.15, 0.2) is 41.9 Å². The molecule has 0 saturated heterocycles. The van der Waals surface area contributed by atoms with Crippen LogP contribution in [0.4, 0.5) is 4.39 Å². The number of ether oxygens (including phenoxy) is 1. The first-order chi connectivity index (χ1) is 9.04. The summed E-state index contributed by atoms with van der Waals surface area (Å²) in [7, 11) is 0. The Hall–Kier alpha value is -2.17. The smallest absolute Gasteiger partial charge is 0.357 e. The van der Waals surface area contributed by atoms with Crippen LogP contribution >= 0.6 is 0 Å². The van der Waals surface area contributed by atoms with E-state index in [1.54, 1.807) is 31.2 Å². The minimum absolute atomic E-state index is 0.0741. The van der Waals surface area contributed by atoms with Gasteiger partial charge < -0.3 is 10.1 Å². The average Bonchev–Trinajstić information content (AvgIpc) is 2.37. The minimum Gasteiger partial charge on any atom is -0.461 e. The normalized spacial score (nSPS) is 11.5. The van der Waals surface area contributed by atoms with Gasteiger partial charge in [0.2, 0.25) is 5.91 Å². The van der Waals surface area contributed by atoms with Crippen molar-refractivity contribution in [2.24, 2.45) is 0 Å².